The second-order valence-corrected chi connectivity index (χ2v) is 4.46. The van der Waals surface area contributed by atoms with Gasteiger partial charge in [-0.3, -0.25) is 0 Å². The highest BCUT2D eigenvalue weighted by Gasteiger charge is 2.15. The Hall–Kier alpha value is -3.09. The van der Waals surface area contributed by atoms with Crippen molar-refractivity contribution in [3.63, 3.8) is 0 Å². The first-order valence-corrected chi connectivity index (χ1v) is 6.52. The zero-order valence-corrected chi connectivity index (χ0v) is 12.1. The molecular formula is C15H14N4O3. The molecule has 0 spiro atoms. The zero-order chi connectivity index (χ0) is 15.5. The minimum atomic E-state index is -0.0787. The minimum absolute atomic E-state index is 0.0787. The number of pyridine rings is 1. The van der Waals surface area contributed by atoms with Crippen molar-refractivity contribution in [2.24, 2.45) is 10.2 Å². The van der Waals surface area contributed by atoms with Crippen LogP contribution in [0, 0.1) is 0 Å². The highest BCUT2D eigenvalue weighted by Crippen LogP contribution is 2.41. The second-order valence-electron chi connectivity index (χ2n) is 4.46. The van der Waals surface area contributed by atoms with Gasteiger partial charge in [0, 0.05) is 17.6 Å². The van der Waals surface area contributed by atoms with Gasteiger partial charge in [0.2, 0.25) is 5.88 Å². The predicted octanol–water partition coefficient (Wildman–Crippen LogP) is 3.70. The Balaban J connectivity index is 2.09. The van der Waals surface area contributed by atoms with Crippen LogP contribution in [0.15, 0.2) is 46.8 Å². The highest BCUT2D eigenvalue weighted by atomic mass is 16.5. The Labute approximate surface area is 126 Å². The summed E-state index contributed by atoms with van der Waals surface area (Å²) < 4.78 is 10.5. The molecule has 0 aliphatic carbocycles. The average Bonchev–Trinajstić information content (AvgIpc) is 2.86. The summed E-state index contributed by atoms with van der Waals surface area (Å²) in [7, 11) is 3.10. The largest absolute Gasteiger partial charge is 0.493 e. The van der Waals surface area contributed by atoms with Crippen LogP contribution in [-0.4, -0.2) is 29.3 Å². The summed E-state index contributed by atoms with van der Waals surface area (Å²) in [6.07, 6.45) is 1.62. The SMILES string of the molecule is COc1cc2[nH]c(O)c(N=Nc3ccccn3)c2cc1OC. The molecule has 22 heavy (non-hydrogen) atoms. The van der Waals surface area contributed by atoms with Crippen molar-refractivity contribution in [3.8, 4) is 17.4 Å². The van der Waals surface area contributed by atoms with Gasteiger partial charge in [0.1, 0.15) is 0 Å². The molecule has 0 radical (unpaired) electrons. The molecule has 3 rings (SSSR count). The fraction of sp³-hybridized carbons (Fsp3) is 0.133. The number of aromatic amines is 1. The Morgan fingerprint density at radius 3 is 2.55 bits per heavy atom. The molecule has 0 bridgehead atoms. The molecular weight excluding hydrogens is 284 g/mol. The van der Waals surface area contributed by atoms with E-state index in [2.05, 4.69) is 20.2 Å². The van der Waals surface area contributed by atoms with Crippen molar-refractivity contribution in [2.45, 2.75) is 0 Å². The number of methoxy groups -OCH3 is 2. The van der Waals surface area contributed by atoms with Gasteiger partial charge in [-0.2, -0.15) is 0 Å². The van der Waals surface area contributed by atoms with Gasteiger partial charge < -0.3 is 19.6 Å². The molecule has 0 fully saturated rings. The second kappa shape index (κ2) is 5.72. The lowest BCUT2D eigenvalue weighted by atomic mass is 10.2. The minimum Gasteiger partial charge on any atom is -0.493 e. The van der Waals surface area contributed by atoms with Gasteiger partial charge in [-0.1, -0.05) is 6.07 Å². The molecule has 3 aromatic rings. The Bertz CT molecular complexity index is 828. The van der Waals surface area contributed by atoms with Gasteiger partial charge in [0.05, 0.1) is 19.7 Å². The number of aromatic hydroxyl groups is 1. The van der Waals surface area contributed by atoms with Crippen LogP contribution in [0.1, 0.15) is 0 Å². The predicted molar refractivity (Wildman–Crippen MR) is 81.5 cm³/mol. The first kappa shape index (κ1) is 13.9. The average molecular weight is 298 g/mol. The molecule has 0 unspecified atom stereocenters. The number of rotatable bonds is 4. The van der Waals surface area contributed by atoms with Crippen LogP contribution in [-0.2, 0) is 0 Å². The number of nitrogens with zero attached hydrogens (tertiary/aromatic N) is 3. The van der Waals surface area contributed by atoms with Crippen LogP contribution in [0.4, 0.5) is 11.5 Å². The van der Waals surface area contributed by atoms with Crippen molar-refractivity contribution in [2.75, 3.05) is 14.2 Å². The first-order chi connectivity index (χ1) is 10.7. The van der Waals surface area contributed by atoms with Crippen molar-refractivity contribution in [1.82, 2.24) is 9.97 Å². The molecule has 2 heterocycles. The van der Waals surface area contributed by atoms with E-state index in [1.54, 1.807) is 44.7 Å². The maximum Gasteiger partial charge on any atom is 0.218 e. The summed E-state index contributed by atoms with van der Waals surface area (Å²) >= 11 is 0. The van der Waals surface area contributed by atoms with Crippen LogP contribution in [0.2, 0.25) is 0 Å². The molecule has 112 valence electrons. The van der Waals surface area contributed by atoms with Crippen LogP contribution in [0.5, 0.6) is 17.4 Å². The number of nitrogens with one attached hydrogen (secondary N) is 1. The molecule has 0 amide bonds. The van der Waals surface area contributed by atoms with E-state index in [1.807, 2.05) is 6.07 Å². The number of aromatic nitrogens is 2. The normalized spacial score (nSPS) is 11.2. The number of benzene rings is 1. The van der Waals surface area contributed by atoms with E-state index in [9.17, 15) is 5.11 Å². The number of azo groups is 1. The van der Waals surface area contributed by atoms with Crippen LogP contribution >= 0.6 is 0 Å². The summed E-state index contributed by atoms with van der Waals surface area (Å²) in [4.78, 5) is 6.89. The molecule has 0 saturated heterocycles. The molecule has 0 atom stereocenters. The van der Waals surface area contributed by atoms with Crippen molar-refractivity contribution < 1.29 is 14.6 Å². The molecule has 7 nitrogen and oxygen atoms in total. The number of H-pyrrole nitrogens is 1. The van der Waals surface area contributed by atoms with E-state index >= 15 is 0 Å². The number of ether oxygens (including phenoxy) is 2. The van der Waals surface area contributed by atoms with Crippen LogP contribution in [0.3, 0.4) is 0 Å². The van der Waals surface area contributed by atoms with Gasteiger partial charge in [0.15, 0.2) is 23.0 Å². The summed E-state index contributed by atoms with van der Waals surface area (Å²) in [5, 5.41) is 18.8. The standard InChI is InChI=1S/C15H14N4O3/c1-21-11-7-9-10(8-12(11)22-2)17-15(20)14(9)19-18-13-5-3-4-6-16-13/h3-8,17,20H,1-2H3. The van der Waals surface area contributed by atoms with Gasteiger partial charge in [-0.15, -0.1) is 10.2 Å². The topological polar surface area (TPSA) is 92.1 Å². The lowest BCUT2D eigenvalue weighted by Crippen LogP contribution is -1.89. The molecule has 1 aromatic carbocycles. The molecule has 2 aromatic heterocycles. The number of hydrogen-bond donors (Lipinski definition) is 2. The molecule has 7 heteroatoms. The van der Waals surface area contributed by atoms with Crippen molar-refractivity contribution in [1.29, 1.82) is 0 Å². The quantitative estimate of drug-likeness (QED) is 0.718. The third kappa shape index (κ3) is 2.44. The van der Waals surface area contributed by atoms with Crippen LogP contribution < -0.4 is 9.47 Å². The molecule has 0 aliphatic heterocycles. The lowest BCUT2D eigenvalue weighted by Gasteiger charge is -2.06. The Morgan fingerprint density at radius 2 is 1.86 bits per heavy atom. The fourth-order valence-electron chi connectivity index (χ4n) is 2.11. The summed E-state index contributed by atoms with van der Waals surface area (Å²) in [5.41, 5.74) is 0.992. The van der Waals surface area contributed by atoms with Gasteiger partial charge in [0.25, 0.3) is 0 Å². The summed E-state index contributed by atoms with van der Waals surface area (Å²) in [5.74, 6) is 1.48. The third-order valence-electron chi connectivity index (χ3n) is 3.16. The monoisotopic (exact) mass is 298 g/mol. The molecule has 0 saturated carbocycles. The Kier molecular flexibility index (Phi) is 3.61. The van der Waals surface area contributed by atoms with E-state index < -0.39 is 0 Å². The smallest absolute Gasteiger partial charge is 0.218 e. The summed E-state index contributed by atoms with van der Waals surface area (Å²) in [6.45, 7) is 0. The maximum absolute atomic E-state index is 10.0. The van der Waals surface area contributed by atoms with E-state index in [4.69, 9.17) is 9.47 Å². The Morgan fingerprint density at radius 1 is 1.09 bits per heavy atom. The maximum atomic E-state index is 10.0. The first-order valence-electron chi connectivity index (χ1n) is 6.52. The number of fused-ring (bicyclic) bond motifs is 1. The summed E-state index contributed by atoms with van der Waals surface area (Å²) in [6, 6.07) is 8.79. The lowest BCUT2D eigenvalue weighted by molar-refractivity contribution is 0.356. The third-order valence-corrected chi connectivity index (χ3v) is 3.16. The van der Waals surface area contributed by atoms with E-state index in [0.717, 1.165) is 0 Å². The van der Waals surface area contributed by atoms with Gasteiger partial charge in [-0.05, 0) is 18.2 Å². The van der Waals surface area contributed by atoms with Gasteiger partial charge in [-0.25, -0.2) is 4.98 Å². The van der Waals surface area contributed by atoms with Crippen molar-refractivity contribution in [3.05, 3.63) is 36.5 Å². The van der Waals surface area contributed by atoms with E-state index in [0.29, 0.717) is 33.9 Å². The van der Waals surface area contributed by atoms with Gasteiger partial charge >= 0.3 is 0 Å². The zero-order valence-electron chi connectivity index (χ0n) is 12.1. The van der Waals surface area contributed by atoms with E-state index in [1.165, 1.54) is 0 Å². The van der Waals surface area contributed by atoms with Crippen LogP contribution in [0.25, 0.3) is 10.9 Å². The molecule has 0 aliphatic rings. The van der Waals surface area contributed by atoms with E-state index in [-0.39, 0.29) is 5.88 Å². The molecule has 2 N–H and O–H groups in total. The highest BCUT2D eigenvalue weighted by molar-refractivity contribution is 5.96. The number of hydrogen-bond acceptors (Lipinski definition) is 6. The van der Waals surface area contributed by atoms with Crippen molar-refractivity contribution >= 4 is 22.4 Å². The fourth-order valence-corrected chi connectivity index (χ4v) is 2.11.